The molecule has 0 unspecified atom stereocenters. The molecule has 1 aliphatic rings. The molecular formula is C16H18N2O3. The highest BCUT2D eigenvalue weighted by molar-refractivity contribution is 5.79. The number of hydrogen-bond acceptors (Lipinski definition) is 3. The molecule has 21 heavy (non-hydrogen) atoms. The summed E-state index contributed by atoms with van der Waals surface area (Å²) in [6.07, 6.45) is 1.41. The van der Waals surface area contributed by atoms with Crippen LogP contribution in [-0.4, -0.2) is 42.2 Å². The third-order valence-corrected chi connectivity index (χ3v) is 3.30. The van der Waals surface area contributed by atoms with Crippen LogP contribution in [0.25, 0.3) is 6.08 Å². The Balaban J connectivity index is 2.28. The third-order valence-electron chi connectivity index (χ3n) is 3.30. The molecule has 1 fully saturated rings. The van der Waals surface area contributed by atoms with Crippen molar-refractivity contribution >= 4 is 18.1 Å². The highest BCUT2D eigenvalue weighted by Gasteiger charge is 2.31. The molecule has 0 atom stereocenters. The van der Waals surface area contributed by atoms with Gasteiger partial charge in [-0.25, -0.2) is 14.8 Å². The van der Waals surface area contributed by atoms with Gasteiger partial charge in [-0.05, 0) is 22.8 Å². The Hall–Kier alpha value is -2.56. The lowest BCUT2D eigenvalue weighted by Crippen LogP contribution is -2.53. The van der Waals surface area contributed by atoms with Crippen molar-refractivity contribution in [3.8, 4) is 0 Å². The second-order valence-electron chi connectivity index (χ2n) is 4.79. The van der Waals surface area contributed by atoms with Gasteiger partial charge in [0.25, 0.3) is 0 Å². The Bertz CT molecular complexity index is 593. The van der Waals surface area contributed by atoms with Crippen molar-refractivity contribution in [1.82, 2.24) is 10.0 Å². The van der Waals surface area contributed by atoms with Crippen LogP contribution in [0.5, 0.6) is 0 Å². The first-order valence-corrected chi connectivity index (χ1v) is 6.60. The molecule has 1 aliphatic heterocycles. The van der Waals surface area contributed by atoms with Gasteiger partial charge in [0.1, 0.15) is 0 Å². The Morgan fingerprint density at radius 2 is 1.86 bits per heavy atom. The first-order chi connectivity index (χ1) is 10.0. The summed E-state index contributed by atoms with van der Waals surface area (Å²) in [6.45, 7) is 5.96. The molecule has 0 saturated carbocycles. The standard InChI is InChI=1S/C16H18N2O3/c1-12-10-18(16(20)21-3)17(13(2)19)11-15(12)9-14-7-5-4-6-8-14/h4-9H,1,10-11H2,2-3H3/b15-9+. The Morgan fingerprint density at radius 3 is 2.43 bits per heavy atom. The first-order valence-electron chi connectivity index (χ1n) is 6.60. The number of carbonyl (C=O) groups is 2. The Kier molecular flexibility index (Phi) is 4.42. The molecular weight excluding hydrogens is 268 g/mol. The van der Waals surface area contributed by atoms with E-state index in [0.717, 1.165) is 16.7 Å². The molecule has 2 amide bonds. The van der Waals surface area contributed by atoms with E-state index in [9.17, 15) is 9.59 Å². The van der Waals surface area contributed by atoms with E-state index in [1.54, 1.807) is 0 Å². The van der Waals surface area contributed by atoms with Crippen LogP contribution in [0.3, 0.4) is 0 Å². The van der Waals surface area contributed by atoms with Crippen LogP contribution in [0.2, 0.25) is 0 Å². The highest BCUT2D eigenvalue weighted by atomic mass is 16.5. The minimum atomic E-state index is -0.565. The molecule has 1 aromatic carbocycles. The predicted molar refractivity (Wildman–Crippen MR) is 80.1 cm³/mol. The van der Waals surface area contributed by atoms with Crippen molar-refractivity contribution < 1.29 is 14.3 Å². The summed E-state index contributed by atoms with van der Waals surface area (Å²) >= 11 is 0. The maximum absolute atomic E-state index is 11.8. The van der Waals surface area contributed by atoms with Crippen molar-refractivity contribution in [2.24, 2.45) is 0 Å². The monoisotopic (exact) mass is 286 g/mol. The number of benzene rings is 1. The lowest BCUT2D eigenvalue weighted by Gasteiger charge is -2.38. The summed E-state index contributed by atoms with van der Waals surface area (Å²) < 4.78 is 4.70. The summed E-state index contributed by atoms with van der Waals surface area (Å²) in [6, 6.07) is 9.79. The Morgan fingerprint density at radius 1 is 1.19 bits per heavy atom. The van der Waals surface area contributed by atoms with Gasteiger partial charge < -0.3 is 4.74 Å². The molecule has 2 rings (SSSR count). The number of hydrazine groups is 1. The minimum Gasteiger partial charge on any atom is -0.452 e. The van der Waals surface area contributed by atoms with Crippen molar-refractivity contribution in [3.63, 3.8) is 0 Å². The van der Waals surface area contributed by atoms with Gasteiger partial charge >= 0.3 is 6.09 Å². The number of ether oxygens (including phenoxy) is 1. The van der Waals surface area contributed by atoms with Crippen LogP contribution in [0, 0.1) is 0 Å². The molecule has 1 heterocycles. The van der Waals surface area contributed by atoms with E-state index in [2.05, 4.69) is 6.58 Å². The van der Waals surface area contributed by atoms with Gasteiger partial charge in [-0.2, -0.15) is 0 Å². The van der Waals surface area contributed by atoms with E-state index in [0.29, 0.717) is 6.54 Å². The summed E-state index contributed by atoms with van der Waals surface area (Å²) in [7, 11) is 1.29. The van der Waals surface area contributed by atoms with Crippen LogP contribution in [-0.2, 0) is 9.53 Å². The third kappa shape index (κ3) is 3.31. The van der Waals surface area contributed by atoms with Crippen molar-refractivity contribution in [2.45, 2.75) is 6.92 Å². The van der Waals surface area contributed by atoms with Gasteiger partial charge in [0.2, 0.25) is 5.91 Å². The molecule has 0 bridgehead atoms. The van der Waals surface area contributed by atoms with Gasteiger partial charge in [-0.3, -0.25) is 4.79 Å². The fraction of sp³-hybridized carbons (Fsp3) is 0.250. The number of nitrogens with zero attached hydrogens (tertiary/aromatic N) is 2. The fourth-order valence-corrected chi connectivity index (χ4v) is 2.17. The van der Waals surface area contributed by atoms with Crippen LogP contribution >= 0.6 is 0 Å². The van der Waals surface area contributed by atoms with E-state index in [-0.39, 0.29) is 12.5 Å². The normalized spacial score (nSPS) is 17.0. The van der Waals surface area contributed by atoms with E-state index in [4.69, 9.17) is 4.74 Å². The van der Waals surface area contributed by atoms with Gasteiger partial charge in [0, 0.05) is 6.92 Å². The van der Waals surface area contributed by atoms with Gasteiger partial charge in [-0.1, -0.05) is 36.9 Å². The first kappa shape index (κ1) is 14.8. The van der Waals surface area contributed by atoms with Gasteiger partial charge in [0.05, 0.1) is 20.2 Å². The molecule has 1 saturated heterocycles. The molecule has 5 nitrogen and oxygen atoms in total. The van der Waals surface area contributed by atoms with E-state index >= 15 is 0 Å². The maximum atomic E-state index is 11.8. The van der Waals surface area contributed by atoms with Gasteiger partial charge in [-0.15, -0.1) is 0 Å². The smallest absolute Gasteiger partial charge is 0.428 e. The minimum absolute atomic E-state index is 0.216. The zero-order valence-corrected chi connectivity index (χ0v) is 12.2. The number of carbonyl (C=O) groups excluding carboxylic acids is 2. The molecule has 0 radical (unpaired) electrons. The number of rotatable bonds is 1. The number of hydrogen-bond donors (Lipinski definition) is 0. The second-order valence-corrected chi connectivity index (χ2v) is 4.79. The number of amides is 2. The van der Waals surface area contributed by atoms with E-state index in [1.165, 1.54) is 24.1 Å². The zero-order chi connectivity index (χ0) is 15.4. The zero-order valence-electron chi connectivity index (χ0n) is 12.2. The largest absolute Gasteiger partial charge is 0.452 e. The average Bonchev–Trinajstić information content (AvgIpc) is 2.49. The SMILES string of the molecule is C=C1CN(C(=O)OC)N(C(C)=O)C/C1=C\c1ccccc1. The Labute approximate surface area is 124 Å². The molecule has 0 aromatic heterocycles. The topological polar surface area (TPSA) is 49.9 Å². The average molecular weight is 286 g/mol. The van der Waals surface area contributed by atoms with Crippen LogP contribution < -0.4 is 0 Å². The second kappa shape index (κ2) is 6.26. The molecule has 0 N–H and O–H groups in total. The molecule has 0 spiro atoms. The molecule has 110 valence electrons. The number of methoxy groups -OCH3 is 1. The summed E-state index contributed by atoms with van der Waals surface area (Å²) in [5.41, 5.74) is 2.75. The fourth-order valence-electron chi connectivity index (χ4n) is 2.17. The van der Waals surface area contributed by atoms with Crippen LogP contribution in [0.1, 0.15) is 12.5 Å². The van der Waals surface area contributed by atoms with E-state index in [1.807, 2.05) is 36.4 Å². The quantitative estimate of drug-likeness (QED) is 0.797. The summed E-state index contributed by atoms with van der Waals surface area (Å²) in [5.74, 6) is -0.216. The van der Waals surface area contributed by atoms with Crippen LogP contribution in [0.15, 0.2) is 48.1 Å². The highest BCUT2D eigenvalue weighted by Crippen LogP contribution is 2.23. The van der Waals surface area contributed by atoms with Crippen molar-refractivity contribution in [3.05, 3.63) is 53.6 Å². The summed E-state index contributed by atoms with van der Waals surface area (Å²) in [4.78, 5) is 23.5. The molecule has 5 heteroatoms. The molecule has 1 aromatic rings. The van der Waals surface area contributed by atoms with Crippen LogP contribution in [0.4, 0.5) is 4.79 Å². The summed E-state index contributed by atoms with van der Waals surface area (Å²) in [5, 5.41) is 2.64. The van der Waals surface area contributed by atoms with Crippen molar-refractivity contribution in [1.29, 1.82) is 0 Å². The lowest BCUT2D eigenvalue weighted by atomic mass is 10.0. The van der Waals surface area contributed by atoms with E-state index < -0.39 is 6.09 Å². The predicted octanol–water partition coefficient (Wildman–Crippen LogP) is 2.47. The molecule has 0 aliphatic carbocycles. The van der Waals surface area contributed by atoms with Gasteiger partial charge in [0.15, 0.2) is 0 Å². The van der Waals surface area contributed by atoms with Crippen molar-refractivity contribution in [2.75, 3.05) is 20.2 Å². The maximum Gasteiger partial charge on any atom is 0.428 e. The lowest BCUT2D eigenvalue weighted by molar-refractivity contribution is -0.143.